The molecule has 2 aromatic carbocycles. The predicted octanol–water partition coefficient (Wildman–Crippen LogP) is 4.67. The molecule has 4 rings (SSSR count). The van der Waals surface area contributed by atoms with Crippen molar-refractivity contribution in [2.75, 3.05) is 7.05 Å². The van der Waals surface area contributed by atoms with E-state index in [1.807, 2.05) is 72.5 Å². The van der Waals surface area contributed by atoms with Crippen LogP contribution in [0.25, 0.3) is 15.9 Å². The van der Waals surface area contributed by atoms with E-state index in [1.165, 1.54) is 0 Å². The quantitative estimate of drug-likeness (QED) is 0.530. The number of carbonyl (C=O) groups excluding carboxylic acids is 1. The molecule has 4 aromatic rings. The lowest BCUT2D eigenvalue weighted by Gasteiger charge is -2.17. The molecule has 0 unspecified atom stereocenters. The minimum atomic E-state index is -0.00216. The first-order valence-corrected chi connectivity index (χ1v) is 9.27. The zero-order chi connectivity index (χ0) is 18.1. The summed E-state index contributed by atoms with van der Waals surface area (Å²) in [5.41, 5.74) is 3.82. The Bertz CT molecular complexity index is 1030. The molecule has 130 valence electrons. The second-order valence-corrected chi connectivity index (χ2v) is 7.44. The number of benzene rings is 2. The van der Waals surface area contributed by atoms with Crippen molar-refractivity contribution in [3.63, 3.8) is 0 Å². The molecule has 0 bridgehead atoms. The summed E-state index contributed by atoms with van der Waals surface area (Å²) in [6, 6.07) is 17.8. The van der Waals surface area contributed by atoms with E-state index in [0.29, 0.717) is 12.1 Å². The molecule has 4 nitrogen and oxygen atoms in total. The van der Waals surface area contributed by atoms with Gasteiger partial charge in [-0.2, -0.15) is 0 Å². The summed E-state index contributed by atoms with van der Waals surface area (Å²) >= 11 is 1.63. The molecule has 0 aliphatic carbocycles. The van der Waals surface area contributed by atoms with Crippen LogP contribution in [0.5, 0.6) is 0 Å². The van der Waals surface area contributed by atoms with Gasteiger partial charge in [0.1, 0.15) is 5.01 Å². The van der Waals surface area contributed by atoms with Crippen LogP contribution in [0.15, 0.2) is 67.0 Å². The van der Waals surface area contributed by atoms with E-state index in [-0.39, 0.29) is 5.91 Å². The van der Waals surface area contributed by atoms with Gasteiger partial charge in [0.05, 0.1) is 16.8 Å². The number of thiazole rings is 1. The van der Waals surface area contributed by atoms with Crippen LogP contribution in [0.2, 0.25) is 0 Å². The molecule has 0 aliphatic heterocycles. The first-order chi connectivity index (χ1) is 12.6. The zero-order valence-corrected chi connectivity index (χ0v) is 15.5. The largest absolute Gasteiger partial charge is 0.335 e. The molecule has 2 aromatic heterocycles. The maximum absolute atomic E-state index is 12.9. The van der Waals surface area contributed by atoms with Gasteiger partial charge in [0, 0.05) is 30.7 Å². The summed E-state index contributed by atoms with van der Waals surface area (Å²) in [7, 11) is 1.82. The molecule has 0 spiro atoms. The lowest BCUT2D eigenvalue weighted by atomic mass is 10.1. The van der Waals surface area contributed by atoms with Crippen LogP contribution in [0.4, 0.5) is 0 Å². The number of carbonyl (C=O) groups is 1. The lowest BCUT2D eigenvalue weighted by molar-refractivity contribution is 0.0785. The summed E-state index contributed by atoms with van der Waals surface area (Å²) in [5.74, 6) is -0.00216. The number of rotatable bonds is 4. The van der Waals surface area contributed by atoms with Gasteiger partial charge in [-0.1, -0.05) is 18.2 Å². The van der Waals surface area contributed by atoms with Crippen molar-refractivity contribution in [2.24, 2.45) is 0 Å². The second kappa shape index (κ2) is 6.77. The summed E-state index contributed by atoms with van der Waals surface area (Å²) < 4.78 is 3.17. The van der Waals surface area contributed by atoms with Gasteiger partial charge in [-0.15, -0.1) is 11.3 Å². The van der Waals surface area contributed by atoms with Gasteiger partial charge in [0.25, 0.3) is 5.91 Å². The SMILES string of the molecule is Cc1ccc(C(=O)N(C)Cc2nc3ccccc3s2)cc1-n1cccc1. The zero-order valence-electron chi connectivity index (χ0n) is 14.7. The minimum absolute atomic E-state index is 0.00216. The molecule has 2 heterocycles. The van der Waals surface area contributed by atoms with Gasteiger partial charge in [0.15, 0.2) is 0 Å². The number of nitrogens with zero attached hydrogens (tertiary/aromatic N) is 3. The van der Waals surface area contributed by atoms with E-state index >= 15 is 0 Å². The fourth-order valence-corrected chi connectivity index (χ4v) is 4.02. The third-order valence-electron chi connectivity index (χ3n) is 4.40. The fraction of sp³-hybridized carbons (Fsp3) is 0.143. The Morgan fingerprint density at radius 1 is 1.12 bits per heavy atom. The summed E-state index contributed by atoms with van der Waals surface area (Å²) in [5, 5.41) is 0.944. The Labute approximate surface area is 156 Å². The Hall–Kier alpha value is -2.92. The van der Waals surface area contributed by atoms with Gasteiger partial charge in [-0.3, -0.25) is 4.79 Å². The minimum Gasteiger partial charge on any atom is -0.335 e. The highest BCUT2D eigenvalue weighted by atomic mass is 32.1. The number of hydrogen-bond acceptors (Lipinski definition) is 3. The van der Waals surface area contributed by atoms with Crippen molar-refractivity contribution in [2.45, 2.75) is 13.5 Å². The monoisotopic (exact) mass is 361 g/mol. The van der Waals surface area contributed by atoms with Crippen molar-refractivity contribution in [3.05, 3.63) is 83.1 Å². The Kier molecular flexibility index (Phi) is 4.31. The highest BCUT2D eigenvalue weighted by Gasteiger charge is 2.15. The smallest absolute Gasteiger partial charge is 0.254 e. The van der Waals surface area contributed by atoms with Crippen LogP contribution in [0.3, 0.4) is 0 Å². The Morgan fingerprint density at radius 3 is 2.65 bits per heavy atom. The van der Waals surface area contributed by atoms with Crippen LogP contribution in [-0.2, 0) is 6.54 Å². The number of aromatic nitrogens is 2. The fourth-order valence-electron chi connectivity index (χ4n) is 3.00. The molecule has 0 saturated heterocycles. The van der Waals surface area contributed by atoms with Crippen LogP contribution in [0.1, 0.15) is 20.9 Å². The second-order valence-electron chi connectivity index (χ2n) is 6.33. The van der Waals surface area contributed by atoms with E-state index in [0.717, 1.165) is 26.5 Å². The predicted molar refractivity (Wildman–Crippen MR) is 106 cm³/mol. The molecule has 0 N–H and O–H groups in total. The molecule has 0 radical (unpaired) electrons. The van der Waals surface area contributed by atoms with Gasteiger partial charge in [-0.05, 0) is 48.9 Å². The van der Waals surface area contributed by atoms with Crippen molar-refractivity contribution in [1.29, 1.82) is 0 Å². The van der Waals surface area contributed by atoms with Crippen molar-refractivity contribution in [1.82, 2.24) is 14.5 Å². The van der Waals surface area contributed by atoms with Crippen LogP contribution in [0, 0.1) is 6.92 Å². The number of hydrogen-bond donors (Lipinski definition) is 0. The number of para-hydroxylation sites is 1. The van der Waals surface area contributed by atoms with E-state index in [2.05, 4.69) is 18.0 Å². The third-order valence-corrected chi connectivity index (χ3v) is 5.42. The molecule has 5 heteroatoms. The van der Waals surface area contributed by atoms with E-state index in [1.54, 1.807) is 16.2 Å². The normalized spacial score (nSPS) is 11.0. The molecule has 26 heavy (non-hydrogen) atoms. The molecule has 1 amide bonds. The van der Waals surface area contributed by atoms with E-state index in [4.69, 9.17) is 0 Å². The third kappa shape index (κ3) is 3.13. The summed E-state index contributed by atoms with van der Waals surface area (Å²) in [6.45, 7) is 2.55. The molecule has 0 aliphatic rings. The van der Waals surface area contributed by atoms with E-state index < -0.39 is 0 Å². The van der Waals surface area contributed by atoms with Gasteiger partial charge in [0.2, 0.25) is 0 Å². The number of fused-ring (bicyclic) bond motifs is 1. The average Bonchev–Trinajstić information content (AvgIpc) is 3.30. The van der Waals surface area contributed by atoms with Gasteiger partial charge >= 0.3 is 0 Å². The van der Waals surface area contributed by atoms with Crippen molar-refractivity contribution >= 4 is 27.5 Å². The maximum Gasteiger partial charge on any atom is 0.254 e. The highest BCUT2D eigenvalue weighted by Crippen LogP contribution is 2.23. The Morgan fingerprint density at radius 2 is 1.88 bits per heavy atom. The molecular formula is C21H19N3OS. The summed E-state index contributed by atoms with van der Waals surface area (Å²) in [4.78, 5) is 19.2. The number of amides is 1. The standard InChI is InChI=1S/C21H19N3OS/c1-15-9-10-16(13-18(15)24-11-5-6-12-24)21(25)23(2)14-20-22-17-7-3-4-8-19(17)26-20/h3-13H,14H2,1-2H3. The average molecular weight is 361 g/mol. The molecular weight excluding hydrogens is 342 g/mol. The molecule has 0 saturated carbocycles. The topological polar surface area (TPSA) is 38.1 Å². The van der Waals surface area contributed by atoms with Gasteiger partial charge in [-0.25, -0.2) is 4.98 Å². The summed E-state index contributed by atoms with van der Waals surface area (Å²) in [6.07, 6.45) is 3.98. The van der Waals surface area contributed by atoms with Gasteiger partial charge < -0.3 is 9.47 Å². The molecule has 0 atom stereocenters. The van der Waals surface area contributed by atoms with Crippen molar-refractivity contribution < 1.29 is 4.79 Å². The highest BCUT2D eigenvalue weighted by molar-refractivity contribution is 7.18. The first kappa shape index (κ1) is 16.5. The number of aryl methyl sites for hydroxylation is 1. The van der Waals surface area contributed by atoms with Crippen molar-refractivity contribution in [3.8, 4) is 5.69 Å². The first-order valence-electron chi connectivity index (χ1n) is 8.46. The van der Waals surface area contributed by atoms with Crippen LogP contribution >= 0.6 is 11.3 Å². The van der Waals surface area contributed by atoms with Crippen LogP contribution < -0.4 is 0 Å². The Balaban J connectivity index is 1.57. The van der Waals surface area contributed by atoms with Crippen LogP contribution in [-0.4, -0.2) is 27.4 Å². The maximum atomic E-state index is 12.9. The molecule has 0 fully saturated rings. The van der Waals surface area contributed by atoms with E-state index in [9.17, 15) is 4.79 Å². The lowest BCUT2D eigenvalue weighted by Crippen LogP contribution is -2.26.